The topological polar surface area (TPSA) is 86.1 Å². The number of thiophene rings is 2. The number of carbonyl (C=O) groups excluding carboxylic acids is 2. The summed E-state index contributed by atoms with van der Waals surface area (Å²) in [5, 5.41) is 14.9. The first-order valence-electron chi connectivity index (χ1n) is 9.97. The fraction of sp³-hybridized carbons (Fsp3) is 0.429. The average molecular weight is 477 g/mol. The van der Waals surface area contributed by atoms with Crippen molar-refractivity contribution in [2.75, 3.05) is 18.2 Å². The molecule has 3 heterocycles. The maximum Gasteiger partial charge on any atom is 0.340 e. The molecule has 1 aliphatic rings. The molecule has 0 spiro atoms. The molecule has 10 heteroatoms. The van der Waals surface area contributed by atoms with Gasteiger partial charge in [0.15, 0.2) is 11.0 Å². The van der Waals surface area contributed by atoms with E-state index in [0.717, 1.165) is 35.0 Å². The van der Waals surface area contributed by atoms with E-state index in [2.05, 4.69) is 27.8 Å². The lowest BCUT2D eigenvalue weighted by Gasteiger charge is -2.18. The molecular weight excluding hydrogens is 452 g/mol. The number of nitrogens with zero attached hydrogens (tertiary/aromatic N) is 3. The van der Waals surface area contributed by atoms with Crippen LogP contribution in [0.5, 0.6) is 0 Å². The van der Waals surface area contributed by atoms with E-state index in [1.165, 1.54) is 47.1 Å². The lowest BCUT2D eigenvalue weighted by molar-refractivity contribution is -0.113. The van der Waals surface area contributed by atoms with Crippen LogP contribution in [0.1, 0.15) is 39.0 Å². The highest BCUT2D eigenvalue weighted by atomic mass is 32.2. The quantitative estimate of drug-likeness (QED) is 0.415. The summed E-state index contributed by atoms with van der Waals surface area (Å²) in [5.74, 6) is 1.08. The van der Waals surface area contributed by atoms with E-state index in [1.54, 1.807) is 17.4 Å². The molecule has 1 unspecified atom stereocenters. The van der Waals surface area contributed by atoms with Crippen molar-refractivity contribution in [2.45, 2.75) is 38.3 Å². The van der Waals surface area contributed by atoms with Crippen LogP contribution in [0.4, 0.5) is 5.00 Å². The number of rotatable bonds is 6. The van der Waals surface area contributed by atoms with E-state index >= 15 is 0 Å². The second-order valence-electron chi connectivity index (χ2n) is 7.69. The van der Waals surface area contributed by atoms with Gasteiger partial charge in [-0.05, 0) is 43.7 Å². The van der Waals surface area contributed by atoms with Crippen molar-refractivity contribution >= 4 is 51.3 Å². The summed E-state index contributed by atoms with van der Waals surface area (Å²) < 4.78 is 6.74. The number of thioether (sulfide) groups is 1. The minimum absolute atomic E-state index is 0.169. The Morgan fingerprint density at radius 1 is 1.39 bits per heavy atom. The number of amides is 1. The summed E-state index contributed by atoms with van der Waals surface area (Å²) in [6, 6.07) is 1.72. The summed E-state index contributed by atoms with van der Waals surface area (Å²) in [5.41, 5.74) is 2.94. The van der Waals surface area contributed by atoms with Crippen molar-refractivity contribution in [2.24, 2.45) is 13.0 Å². The summed E-state index contributed by atoms with van der Waals surface area (Å²) in [6.07, 6.45) is 3.41. The van der Waals surface area contributed by atoms with Crippen LogP contribution in [0.3, 0.4) is 0 Å². The number of nitrogens with one attached hydrogen (secondary N) is 1. The molecule has 0 saturated carbocycles. The Morgan fingerprint density at radius 2 is 2.19 bits per heavy atom. The zero-order chi connectivity index (χ0) is 22.1. The number of aromatic nitrogens is 3. The van der Waals surface area contributed by atoms with Gasteiger partial charge in [0.2, 0.25) is 5.91 Å². The summed E-state index contributed by atoms with van der Waals surface area (Å²) in [4.78, 5) is 26.8. The first kappa shape index (κ1) is 22.0. The molecule has 1 aliphatic carbocycles. The molecule has 164 valence electrons. The summed E-state index contributed by atoms with van der Waals surface area (Å²) >= 11 is 4.49. The molecule has 7 nitrogen and oxygen atoms in total. The molecule has 0 aromatic carbocycles. The largest absolute Gasteiger partial charge is 0.465 e. The SMILES string of the molecule is COC(=O)c1cc(C)sc1NC(=O)CSc1nnc(-c2csc3c2CCC(C)C3)n1C. The highest BCUT2D eigenvalue weighted by Crippen LogP contribution is 2.38. The minimum atomic E-state index is -0.460. The summed E-state index contributed by atoms with van der Waals surface area (Å²) in [6.45, 7) is 4.18. The number of carbonyl (C=O) groups is 2. The van der Waals surface area contributed by atoms with Gasteiger partial charge in [0.25, 0.3) is 0 Å². The zero-order valence-electron chi connectivity index (χ0n) is 17.9. The molecule has 31 heavy (non-hydrogen) atoms. The molecule has 1 N–H and O–H groups in total. The molecule has 1 atom stereocenters. The van der Waals surface area contributed by atoms with Crippen LogP contribution in [0, 0.1) is 12.8 Å². The number of aryl methyl sites for hydroxylation is 1. The molecule has 3 aromatic heterocycles. The Labute approximate surface area is 193 Å². The molecule has 0 fully saturated rings. The van der Waals surface area contributed by atoms with Gasteiger partial charge < -0.3 is 14.6 Å². The number of esters is 1. The van der Waals surface area contributed by atoms with E-state index in [9.17, 15) is 9.59 Å². The van der Waals surface area contributed by atoms with Crippen LogP contribution in [-0.2, 0) is 29.4 Å². The molecule has 0 aliphatic heterocycles. The van der Waals surface area contributed by atoms with Crippen LogP contribution >= 0.6 is 34.4 Å². The van der Waals surface area contributed by atoms with Crippen molar-refractivity contribution in [1.82, 2.24) is 14.8 Å². The third kappa shape index (κ3) is 4.56. The zero-order valence-corrected chi connectivity index (χ0v) is 20.3. The van der Waals surface area contributed by atoms with Gasteiger partial charge in [-0.25, -0.2) is 4.79 Å². The average Bonchev–Trinajstić information content (AvgIpc) is 3.42. The number of methoxy groups -OCH3 is 1. The van der Waals surface area contributed by atoms with Crippen molar-refractivity contribution in [1.29, 1.82) is 0 Å². The van der Waals surface area contributed by atoms with Gasteiger partial charge >= 0.3 is 5.97 Å². The third-order valence-corrected chi connectivity index (χ3v) is 8.36. The highest BCUT2D eigenvalue weighted by molar-refractivity contribution is 7.99. The molecule has 0 radical (unpaired) electrons. The van der Waals surface area contributed by atoms with E-state index in [-0.39, 0.29) is 11.7 Å². The van der Waals surface area contributed by atoms with Crippen LogP contribution in [0.2, 0.25) is 0 Å². The first-order chi connectivity index (χ1) is 14.9. The van der Waals surface area contributed by atoms with Crippen molar-refractivity contribution in [3.05, 3.63) is 32.3 Å². The molecule has 3 aromatic rings. The number of anilines is 1. The van der Waals surface area contributed by atoms with Crippen molar-refractivity contribution in [3.8, 4) is 11.4 Å². The van der Waals surface area contributed by atoms with Gasteiger partial charge in [-0.2, -0.15) is 0 Å². The smallest absolute Gasteiger partial charge is 0.340 e. The fourth-order valence-corrected chi connectivity index (χ4v) is 6.57. The van der Waals surface area contributed by atoms with Gasteiger partial charge in [-0.15, -0.1) is 32.9 Å². The van der Waals surface area contributed by atoms with Crippen LogP contribution in [-0.4, -0.2) is 39.5 Å². The third-order valence-electron chi connectivity index (χ3n) is 5.32. The Hall–Kier alpha value is -2.17. The Kier molecular flexibility index (Phi) is 6.49. The van der Waals surface area contributed by atoms with Crippen LogP contribution < -0.4 is 5.32 Å². The van der Waals surface area contributed by atoms with Gasteiger partial charge in [-0.1, -0.05) is 18.7 Å². The molecule has 1 amide bonds. The number of hydrogen-bond donors (Lipinski definition) is 1. The highest BCUT2D eigenvalue weighted by Gasteiger charge is 2.24. The second kappa shape index (κ2) is 9.13. The molecular formula is C21H24N4O3S3. The van der Waals surface area contributed by atoms with E-state index < -0.39 is 5.97 Å². The van der Waals surface area contributed by atoms with E-state index in [4.69, 9.17) is 4.74 Å². The summed E-state index contributed by atoms with van der Waals surface area (Å²) in [7, 11) is 3.26. The number of fused-ring (bicyclic) bond motifs is 1. The van der Waals surface area contributed by atoms with Crippen molar-refractivity contribution in [3.63, 3.8) is 0 Å². The number of ether oxygens (including phenoxy) is 1. The Morgan fingerprint density at radius 3 is 2.97 bits per heavy atom. The first-order valence-corrected chi connectivity index (χ1v) is 12.7. The predicted molar refractivity (Wildman–Crippen MR) is 125 cm³/mol. The predicted octanol–water partition coefficient (Wildman–Crippen LogP) is 4.56. The van der Waals surface area contributed by atoms with Gasteiger partial charge in [0, 0.05) is 27.7 Å². The Balaban J connectivity index is 1.44. The fourth-order valence-electron chi connectivity index (χ4n) is 3.70. The molecule has 4 rings (SSSR count). The van der Waals surface area contributed by atoms with E-state index in [1.807, 2.05) is 18.5 Å². The van der Waals surface area contributed by atoms with Gasteiger partial charge in [-0.3, -0.25) is 4.79 Å². The molecule has 0 bridgehead atoms. The molecule has 0 saturated heterocycles. The lowest BCUT2D eigenvalue weighted by atomic mass is 9.88. The number of hydrogen-bond acceptors (Lipinski definition) is 8. The van der Waals surface area contributed by atoms with Gasteiger partial charge in [0.1, 0.15) is 5.00 Å². The standard InChI is InChI=1S/C21H24N4O3S3/c1-11-5-6-13-15(9-29-16(13)7-11)18-23-24-21(25(18)3)30-10-17(26)22-19-14(20(27)28-4)8-12(2)31-19/h8-9,11H,5-7,10H2,1-4H3,(H,22,26). The monoisotopic (exact) mass is 476 g/mol. The Bertz CT molecular complexity index is 1130. The minimum Gasteiger partial charge on any atom is -0.465 e. The van der Waals surface area contributed by atoms with Gasteiger partial charge in [0.05, 0.1) is 18.4 Å². The second-order valence-corrected chi connectivity index (χ2v) is 10.9. The van der Waals surface area contributed by atoms with Crippen LogP contribution in [0.25, 0.3) is 11.4 Å². The van der Waals surface area contributed by atoms with E-state index in [0.29, 0.717) is 15.7 Å². The van der Waals surface area contributed by atoms with Crippen molar-refractivity contribution < 1.29 is 14.3 Å². The maximum atomic E-state index is 12.5. The normalized spacial score (nSPS) is 15.5. The maximum absolute atomic E-state index is 12.5. The lowest BCUT2D eigenvalue weighted by Crippen LogP contribution is -2.16. The van der Waals surface area contributed by atoms with Crippen LogP contribution in [0.15, 0.2) is 16.6 Å².